The van der Waals surface area contributed by atoms with Gasteiger partial charge in [0.05, 0.1) is 27.6 Å². The van der Waals surface area contributed by atoms with Gasteiger partial charge in [-0.2, -0.15) is 0 Å². The van der Waals surface area contributed by atoms with Crippen LogP contribution < -0.4 is 4.90 Å². The third-order valence-corrected chi connectivity index (χ3v) is 7.04. The summed E-state index contributed by atoms with van der Waals surface area (Å²) in [6, 6.07) is 12.1. The summed E-state index contributed by atoms with van der Waals surface area (Å²) in [4.78, 5) is 24.7. The van der Waals surface area contributed by atoms with Gasteiger partial charge in [0.2, 0.25) is 5.91 Å². The second-order valence-electron chi connectivity index (χ2n) is 6.68. The van der Waals surface area contributed by atoms with Crippen LogP contribution >= 0.6 is 34.3 Å². The van der Waals surface area contributed by atoms with E-state index in [1.54, 1.807) is 16.2 Å². The molecule has 1 aromatic carbocycles. The van der Waals surface area contributed by atoms with Gasteiger partial charge in [0.1, 0.15) is 0 Å². The van der Waals surface area contributed by atoms with Crippen LogP contribution in [0.2, 0.25) is 4.34 Å². The molecule has 1 aliphatic heterocycles. The maximum atomic E-state index is 12.5. The molecular formula is C19H21ClN4OS2. The van der Waals surface area contributed by atoms with E-state index in [2.05, 4.69) is 28.0 Å². The Bertz CT molecular complexity index is 900. The molecule has 0 unspecified atom stereocenters. The lowest BCUT2D eigenvalue weighted by Crippen LogP contribution is -2.49. The van der Waals surface area contributed by atoms with Gasteiger partial charge in [-0.1, -0.05) is 35.1 Å². The van der Waals surface area contributed by atoms with E-state index < -0.39 is 0 Å². The van der Waals surface area contributed by atoms with Crippen LogP contribution in [0.4, 0.5) is 5.13 Å². The van der Waals surface area contributed by atoms with Crippen molar-refractivity contribution in [3.05, 3.63) is 45.6 Å². The van der Waals surface area contributed by atoms with E-state index in [-0.39, 0.29) is 5.91 Å². The largest absolute Gasteiger partial charge is 0.345 e. The minimum absolute atomic E-state index is 0.146. The monoisotopic (exact) mass is 420 g/mol. The van der Waals surface area contributed by atoms with Gasteiger partial charge in [0.25, 0.3) is 0 Å². The third-order valence-electron chi connectivity index (χ3n) is 4.73. The molecule has 0 spiro atoms. The molecule has 2 aromatic heterocycles. The van der Waals surface area contributed by atoms with E-state index in [0.717, 1.165) is 46.0 Å². The highest BCUT2D eigenvalue weighted by molar-refractivity contribution is 7.22. The number of nitrogens with zero attached hydrogens (tertiary/aromatic N) is 4. The Kier molecular flexibility index (Phi) is 5.63. The molecule has 142 valence electrons. The first-order valence-electron chi connectivity index (χ1n) is 8.89. The van der Waals surface area contributed by atoms with Crippen LogP contribution in [0.3, 0.4) is 0 Å². The van der Waals surface area contributed by atoms with Gasteiger partial charge >= 0.3 is 0 Å². The summed E-state index contributed by atoms with van der Waals surface area (Å²) in [5.41, 5.74) is 1.06. The van der Waals surface area contributed by atoms with Crippen LogP contribution in [0.15, 0.2) is 36.4 Å². The number of fused-ring (bicyclic) bond motifs is 1. The minimum atomic E-state index is 0.146. The SMILES string of the molecule is CN(Cc1ccc(Cl)s1)C(=O)CN1CCN(c2nc3ccccc3s2)CC1. The molecule has 1 amide bonds. The van der Waals surface area contributed by atoms with Crippen molar-refractivity contribution >= 4 is 55.5 Å². The van der Waals surface area contributed by atoms with Gasteiger partial charge in [-0.3, -0.25) is 9.69 Å². The van der Waals surface area contributed by atoms with Gasteiger partial charge < -0.3 is 9.80 Å². The summed E-state index contributed by atoms with van der Waals surface area (Å²) in [6.45, 7) is 4.63. The summed E-state index contributed by atoms with van der Waals surface area (Å²) in [5.74, 6) is 0.146. The van der Waals surface area contributed by atoms with Gasteiger partial charge in [-0.25, -0.2) is 4.98 Å². The second-order valence-corrected chi connectivity index (χ2v) is 9.49. The highest BCUT2D eigenvalue weighted by Gasteiger charge is 2.22. The second kappa shape index (κ2) is 8.14. The first-order chi connectivity index (χ1) is 13.1. The van der Waals surface area contributed by atoms with Crippen LogP contribution in [0.25, 0.3) is 10.2 Å². The fraction of sp³-hybridized carbons (Fsp3) is 0.368. The first-order valence-corrected chi connectivity index (χ1v) is 10.9. The van der Waals surface area contributed by atoms with Crippen molar-refractivity contribution in [2.24, 2.45) is 0 Å². The lowest BCUT2D eigenvalue weighted by molar-refractivity contribution is -0.131. The molecule has 1 aliphatic rings. The van der Waals surface area contributed by atoms with E-state index in [1.807, 2.05) is 25.2 Å². The maximum absolute atomic E-state index is 12.5. The van der Waals surface area contributed by atoms with E-state index >= 15 is 0 Å². The van der Waals surface area contributed by atoms with Crippen LogP contribution in [-0.4, -0.2) is 60.5 Å². The van der Waals surface area contributed by atoms with Crippen molar-refractivity contribution < 1.29 is 4.79 Å². The van der Waals surface area contributed by atoms with Crippen molar-refractivity contribution in [1.29, 1.82) is 0 Å². The number of halogens is 1. The summed E-state index contributed by atoms with van der Waals surface area (Å²) in [5, 5.41) is 1.08. The smallest absolute Gasteiger partial charge is 0.236 e. The number of thiazole rings is 1. The zero-order valence-electron chi connectivity index (χ0n) is 15.1. The van der Waals surface area contributed by atoms with Crippen LogP contribution in [0.5, 0.6) is 0 Å². The topological polar surface area (TPSA) is 39.7 Å². The number of anilines is 1. The molecular weight excluding hydrogens is 400 g/mol. The summed E-state index contributed by atoms with van der Waals surface area (Å²) in [6.07, 6.45) is 0. The molecule has 0 bridgehead atoms. The molecule has 1 saturated heterocycles. The number of likely N-dealkylation sites (N-methyl/N-ethyl adjacent to an activating group) is 1. The Morgan fingerprint density at radius 1 is 1.15 bits per heavy atom. The van der Waals surface area contributed by atoms with Crippen molar-refractivity contribution in [3.8, 4) is 0 Å². The number of hydrogen-bond acceptors (Lipinski definition) is 6. The molecule has 3 heterocycles. The molecule has 3 aromatic rings. The fourth-order valence-corrected chi connectivity index (χ4v) is 5.32. The van der Waals surface area contributed by atoms with Gasteiger partial charge in [-0.05, 0) is 24.3 Å². The molecule has 0 atom stereocenters. The molecule has 1 fully saturated rings. The predicted octanol–water partition coefficient (Wildman–Crippen LogP) is 3.79. The molecule has 8 heteroatoms. The maximum Gasteiger partial charge on any atom is 0.236 e. The van der Waals surface area contributed by atoms with Gasteiger partial charge in [0, 0.05) is 38.1 Å². The molecule has 0 saturated carbocycles. The predicted molar refractivity (Wildman–Crippen MR) is 114 cm³/mol. The molecule has 0 radical (unpaired) electrons. The quantitative estimate of drug-likeness (QED) is 0.629. The lowest BCUT2D eigenvalue weighted by Gasteiger charge is -2.34. The summed E-state index contributed by atoms with van der Waals surface area (Å²) < 4.78 is 1.98. The Balaban J connectivity index is 1.29. The van der Waals surface area contributed by atoms with E-state index in [0.29, 0.717) is 13.1 Å². The number of amides is 1. The number of piperazine rings is 1. The van der Waals surface area contributed by atoms with Crippen LogP contribution in [0, 0.1) is 0 Å². The Morgan fingerprint density at radius 3 is 2.63 bits per heavy atom. The number of rotatable bonds is 5. The zero-order valence-corrected chi connectivity index (χ0v) is 17.5. The Hall–Kier alpha value is -1.67. The minimum Gasteiger partial charge on any atom is -0.345 e. The van der Waals surface area contributed by atoms with Gasteiger partial charge in [-0.15, -0.1) is 11.3 Å². The number of aromatic nitrogens is 1. The fourth-order valence-electron chi connectivity index (χ4n) is 3.16. The number of thiophene rings is 1. The molecule has 0 N–H and O–H groups in total. The average molecular weight is 421 g/mol. The van der Waals surface area contributed by atoms with Crippen LogP contribution in [0.1, 0.15) is 4.88 Å². The number of benzene rings is 1. The molecule has 27 heavy (non-hydrogen) atoms. The van der Waals surface area contributed by atoms with Crippen molar-refractivity contribution in [1.82, 2.24) is 14.8 Å². The average Bonchev–Trinajstić information content (AvgIpc) is 3.28. The number of para-hydroxylation sites is 1. The van der Waals surface area contributed by atoms with Gasteiger partial charge in [0.15, 0.2) is 5.13 Å². The third kappa shape index (κ3) is 4.43. The Morgan fingerprint density at radius 2 is 1.93 bits per heavy atom. The number of carbonyl (C=O) groups is 1. The highest BCUT2D eigenvalue weighted by Crippen LogP contribution is 2.29. The number of hydrogen-bond donors (Lipinski definition) is 0. The van der Waals surface area contributed by atoms with E-state index in [9.17, 15) is 4.79 Å². The molecule has 4 rings (SSSR count). The van der Waals surface area contributed by atoms with Crippen molar-refractivity contribution in [3.63, 3.8) is 0 Å². The van der Waals surface area contributed by atoms with Crippen LogP contribution in [-0.2, 0) is 11.3 Å². The normalized spacial score (nSPS) is 15.4. The highest BCUT2D eigenvalue weighted by atomic mass is 35.5. The Labute approximate surface area is 171 Å². The summed E-state index contributed by atoms with van der Waals surface area (Å²) >= 11 is 9.23. The molecule has 0 aliphatic carbocycles. The van der Waals surface area contributed by atoms with Crippen molar-refractivity contribution in [2.45, 2.75) is 6.54 Å². The zero-order chi connectivity index (χ0) is 18.8. The first kappa shape index (κ1) is 18.7. The van der Waals surface area contributed by atoms with Crippen molar-refractivity contribution in [2.75, 3.05) is 44.7 Å². The van der Waals surface area contributed by atoms with E-state index in [4.69, 9.17) is 16.6 Å². The van der Waals surface area contributed by atoms with E-state index in [1.165, 1.54) is 16.0 Å². The summed E-state index contributed by atoms with van der Waals surface area (Å²) in [7, 11) is 1.85. The standard InChI is InChI=1S/C19H21ClN4OS2/c1-22(12-14-6-7-17(20)26-14)18(25)13-23-8-10-24(11-9-23)19-21-15-4-2-3-5-16(15)27-19/h2-7H,8-13H2,1H3. The lowest BCUT2D eigenvalue weighted by atomic mass is 10.3. The molecule has 5 nitrogen and oxygen atoms in total. The number of carbonyl (C=O) groups excluding carboxylic acids is 1.